The summed E-state index contributed by atoms with van der Waals surface area (Å²) in [6.07, 6.45) is 0. The van der Waals surface area contributed by atoms with Gasteiger partial charge < -0.3 is 9.45 Å². The average molecular weight is 502 g/mol. The molecule has 148 valence electrons. The summed E-state index contributed by atoms with van der Waals surface area (Å²) < 4.78 is 36.4. The van der Waals surface area contributed by atoms with Crippen LogP contribution in [0.15, 0.2) is 41.6 Å². The number of benzene rings is 2. The Bertz CT molecular complexity index is 1090. The fourth-order valence-corrected chi connectivity index (χ4v) is 3.73. The quantitative estimate of drug-likeness (QED) is 0.272. The Morgan fingerprint density at radius 3 is 2.41 bits per heavy atom. The van der Waals surface area contributed by atoms with E-state index in [0.29, 0.717) is 21.3 Å². The molecule has 7 nitrogen and oxygen atoms in total. The second kappa shape index (κ2) is 9.95. The molecule has 1 atom stereocenters. The van der Waals surface area contributed by atoms with Gasteiger partial charge in [-0.15, -0.1) is 0 Å². The fourth-order valence-electron chi connectivity index (χ4n) is 2.90. The summed E-state index contributed by atoms with van der Waals surface area (Å²) in [4.78, 5) is 14.6. The predicted octanol–water partition coefficient (Wildman–Crippen LogP) is 1.13. The van der Waals surface area contributed by atoms with Crippen LogP contribution >= 0.6 is 34.8 Å². The Balaban J connectivity index is 0.00000300. The zero-order valence-electron chi connectivity index (χ0n) is 15.2. The number of fused-ring (bicyclic) bond motifs is 1. The molecule has 0 spiro atoms. The first-order valence-electron chi connectivity index (χ1n) is 7.86. The number of carbonyl (C=O) groups excluding carboxylic acids is 1. The minimum atomic E-state index is -5.02. The van der Waals surface area contributed by atoms with Crippen LogP contribution < -0.4 is 56.3 Å². The molecule has 1 amide bonds. The van der Waals surface area contributed by atoms with Crippen molar-refractivity contribution in [3.8, 4) is 0 Å². The van der Waals surface area contributed by atoms with E-state index in [1.54, 1.807) is 25.1 Å². The molecule has 0 aromatic heterocycles. The molecule has 2 aromatic rings. The number of rotatable bonds is 3. The van der Waals surface area contributed by atoms with Crippen molar-refractivity contribution in [3.63, 3.8) is 0 Å². The number of carbonyl (C=O) groups is 1. The molecular weight excluding hydrogens is 490 g/mol. The van der Waals surface area contributed by atoms with Crippen molar-refractivity contribution in [2.45, 2.75) is 6.92 Å². The molecule has 1 aliphatic rings. The Morgan fingerprint density at radius 1 is 1.17 bits per heavy atom. The number of nitrogens with zero attached hydrogens (tertiary/aromatic N) is 2. The fraction of sp³-hybridized carbons (Fsp3) is 0.176. The van der Waals surface area contributed by atoms with Crippen molar-refractivity contribution in [2.75, 3.05) is 11.4 Å². The topological polar surface area (TPSA) is 99.1 Å². The van der Waals surface area contributed by atoms with Crippen molar-refractivity contribution in [2.24, 2.45) is 11.1 Å². The van der Waals surface area contributed by atoms with Gasteiger partial charge in [-0.05, 0) is 36.4 Å². The smallest absolute Gasteiger partial charge is 0.714 e. The maximum absolute atomic E-state index is 13.1. The molecule has 1 heterocycles. The normalized spacial score (nSPS) is 17.5. The van der Waals surface area contributed by atoms with Gasteiger partial charge in [0.2, 0.25) is 0 Å². The third-order valence-electron chi connectivity index (χ3n) is 4.08. The van der Waals surface area contributed by atoms with Gasteiger partial charge in [0.05, 0.1) is 22.0 Å². The van der Waals surface area contributed by atoms with Gasteiger partial charge in [0.15, 0.2) is 0 Å². The summed E-state index contributed by atoms with van der Waals surface area (Å²) in [6.45, 7) is 1.85. The Hall–Kier alpha value is -0.204. The first-order valence-corrected chi connectivity index (χ1v) is 10.3. The first-order chi connectivity index (χ1) is 13.1. The molecule has 29 heavy (non-hydrogen) atoms. The van der Waals surface area contributed by atoms with E-state index in [0.717, 1.165) is 0 Å². The minimum Gasteiger partial charge on any atom is -0.714 e. The molecular formula is C17H12Cl3KN2O5S. The number of anilines is 1. The van der Waals surface area contributed by atoms with Crippen molar-refractivity contribution >= 4 is 62.5 Å². The number of hydrogen-bond acceptors (Lipinski definition) is 6. The van der Waals surface area contributed by atoms with Crippen LogP contribution in [0.3, 0.4) is 0 Å². The molecule has 0 saturated heterocycles. The van der Waals surface area contributed by atoms with E-state index in [1.165, 1.54) is 23.1 Å². The molecule has 1 aliphatic heterocycles. The monoisotopic (exact) mass is 500 g/mol. The summed E-state index contributed by atoms with van der Waals surface area (Å²) in [5.41, 5.74) is 1.22. The Kier molecular flexibility index (Phi) is 8.59. The summed E-state index contributed by atoms with van der Waals surface area (Å²) >= 11 is 18.1. The van der Waals surface area contributed by atoms with Gasteiger partial charge in [0.25, 0.3) is 16.3 Å². The van der Waals surface area contributed by atoms with Gasteiger partial charge in [-0.3, -0.25) is 9.08 Å². The summed E-state index contributed by atoms with van der Waals surface area (Å²) in [5.74, 6) is -0.837. The van der Waals surface area contributed by atoms with Crippen LogP contribution in [-0.4, -0.2) is 31.1 Å². The molecule has 0 aliphatic carbocycles. The van der Waals surface area contributed by atoms with Crippen molar-refractivity contribution in [1.29, 1.82) is 0 Å². The largest absolute Gasteiger partial charge is 1.00 e. The average Bonchev–Trinajstić information content (AvgIpc) is 2.58. The van der Waals surface area contributed by atoms with E-state index in [9.17, 15) is 17.8 Å². The Morgan fingerprint density at radius 2 is 1.79 bits per heavy atom. The van der Waals surface area contributed by atoms with Crippen molar-refractivity contribution < 1.29 is 73.4 Å². The van der Waals surface area contributed by atoms with E-state index in [1.807, 2.05) is 0 Å². The summed E-state index contributed by atoms with van der Waals surface area (Å²) in [6, 6.07) is 9.21. The van der Waals surface area contributed by atoms with Gasteiger partial charge >= 0.3 is 51.4 Å². The van der Waals surface area contributed by atoms with E-state index in [2.05, 4.69) is 9.44 Å². The van der Waals surface area contributed by atoms with Crippen LogP contribution in [0.5, 0.6) is 0 Å². The van der Waals surface area contributed by atoms with Gasteiger partial charge in [-0.2, -0.15) is 8.42 Å². The number of amides is 1. The molecule has 0 radical (unpaired) electrons. The van der Waals surface area contributed by atoms with Crippen LogP contribution in [0.25, 0.3) is 0 Å². The van der Waals surface area contributed by atoms with Gasteiger partial charge in [-0.1, -0.05) is 46.9 Å². The third kappa shape index (κ3) is 5.94. The van der Waals surface area contributed by atoms with Crippen LogP contribution in [0.4, 0.5) is 5.69 Å². The molecule has 1 unspecified atom stereocenters. The van der Waals surface area contributed by atoms with Gasteiger partial charge in [-0.25, -0.2) is 0 Å². The third-order valence-corrected chi connectivity index (χ3v) is 5.12. The van der Waals surface area contributed by atoms with E-state index < -0.39 is 16.3 Å². The maximum Gasteiger partial charge on any atom is 1.00 e. The van der Waals surface area contributed by atoms with E-state index in [4.69, 9.17) is 34.8 Å². The number of hydrogen-bond donors (Lipinski definition) is 0. The Labute approximate surface area is 225 Å². The second-order valence-corrected chi connectivity index (χ2v) is 8.31. The molecule has 12 heteroatoms. The predicted molar refractivity (Wildman–Crippen MR) is 106 cm³/mol. The zero-order chi connectivity index (χ0) is 20.6. The van der Waals surface area contributed by atoms with Gasteiger partial charge in [0, 0.05) is 28.1 Å². The molecule has 0 bridgehead atoms. The van der Waals surface area contributed by atoms with Crippen LogP contribution in [0.2, 0.25) is 15.1 Å². The summed E-state index contributed by atoms with van der Waals surface area (Å²) in [5, 5.41) is 4.42. The molecule has 0 N–H and O–H groups in total. The van der Waals surface area contributed by atoms with Crippen LogP contribution in [0.1, 0.15) is 22.8 Å². The minimum absolute atomic E-state index is 0. The summed E-state index contributed by atoms with van der Waals surface area (Å²) in [7, 11) is -5.02. The van der Waals surface area contributed by atoms with Crippen LogP contribution in [0, 0.1) is 5.92 Å². The SMILES string of the molecule is CC1CN(C(=O)c2ccc(Cl)cc2Cl)c2ccc(Cl)cc2/C1=N\OS(=O)(=O)[O-].[K+]. The van der Waals surface area contributed by atoms with Crippen LogP contribution in [-0.2, 0) is 14.7 Å². The molecule has 2 aromatic carbocycles. The number of oxime groups is 1. The standard InChI is InChI=1S/C17H13Cl3N2O5S.K/c1-9-8-22(17(23)12-4-2-11(19)7-14(12)20)15-5-3-10(18)6-13(15)16(9)21-27-28(24,25)26;/h2-7,9H,8H2,1H3,(H,24,25,26);/q;+1/p-1/b21-16-;. The number of halogens is 3. The van der Waals surface area contributed by atoms with Crippen molar-refractivity contribution in [3.05, 3.63) is 62.6 Å². The van der Waals surface area contributed by atoms with E-state index in [-0.39, 0.29) is 80.1 Å². The van der Waals surface area contributed by atoms with E-state index >= 15 is 0 Å². The van der Waals surface area contributed by atoms with Crippen molar-refractivity contribution in [1.82, 2.24) is 0 Å². The second-order valence-electron chi connectivity index (χ2n) is 6.06. The zero-order valence-corrected chi connectivity index (χ0v) is 21.4. The van der Waals surface area contributed by atoms with Gasteiger partial charge in [0.1, 0.15) is 0 Å². The molecule has 0 fully saturated rings. The first kappa shape index (κ1) is 25.1. The maximum atomic E-state index is 13.1. The molecule has 0 saturated carbocycles. The molecule has 3 rings (SSSR count).